The number of nitrogens with one attached hydrogen (secondary N) is 2. The number of rotatable bonds is 8. The standard InChI is InChI=1S/C17H25N3O3/c1-4-11(2)15(16(18)22)20-17(23)14(19-12(3)21)10-13-8-6-5-7-9-13/h5-9,11,14-15H,4,10H2,1-3H3,(H2,18,22)(H,19,21)(H,20,23)/t11-,14+,15-/m1/s1. The first-order valence-corrected chi connectivity index (χ1v) is 7.75. The number of amides is 3. The summed E-state index contributed by atoms with van der Waals surface area (Å²) in [5, 5.41) is 5.29. The summed E-state index contributed by atoms with van der Waals surface area (Å²) < 4.78 is 0. The van der Waals surface area contributed by atoms with Gasteiger partial charge in [0, 0.05) is 13.3 Å². The predicted octanol–water partition coefficient (Wildman–Crippen LogP) is 0.750. The average Bonchev–Trinajstić information content (AvgIpc) is 2.51. The highest BCUT2D eigenvalue weighted by atomic mass is 16.2. The Labute approximate surface area is 136 Å². The van der Waals surface area contributed by atoms with Crippen molar-refractivity contribution in [3.63, 3.8) is 0 Å². The Morgan fingerprint density at radius 3 is 2.22 bits per heavy atom. The van der Waals surface area contributed by atoms with Gasteiger partial charge in [0.25, 0.3) is 0 Å². The molecule has 6 nitrogen and oxygen atoms in total. The summed E-state index contributed by atoms with van der Waals surface area (Å²) in [6, 6.07) is 7.86. The fourth-order valence-corrected chi connectivity index (χ4v) is 2.29. The minimum atomic E-state index is -0.750. The predicted molar refractivity (Wildman–Crippen MR) is 88.3 cm³/mol. The zero-order valence-electron chi connectivity index (χ0n) is 13.8. The molecule has 0 aliphatic carbocycles. The summed E-state index contributed by atoms with van der Waals surface area (Å²) in [7, 11) is 0. The lowest BCUT2D eigenvalue weighted by molar-refractivity contribution is -0.131. The van der Waals surface area contributed by atoms with Crippen LogP contribution in [0.2, 0.25) is 0 Å². The molecule has 4 N–H and O–H groups in total. The molecule has 3 amide bonds. The molecule has 126 valence electrons. The molecule has 23 heavy (non-hydrogen) atoms. The summed E-state index contributed by atoms with van der Waals surface area (Å²) in [6.07, 6.45) is 1.05. The van der Waals surface area contributed by atoms with Crippen LogP contribution in [-0.4, -0.2) is 29.8 Å². The van der Waals surface area contributed by atoms with E-state index in [2.05, 4.69) is 10.6 Å². The van der Waals surface area contributed by atoms with Crippen molar-refractivity contribution in [1.82, 2.24) is 10.6 Å². The minimum absolute atomic E-state index is 0.0776. The molecule has 0 aliphatic heterocycles. The summed E-state index contributed by atoms with van der Waals surface area (Å²) in [5.41, 5.74) is 6.29. The Kier molecular flexibility index (Phi) is 7.25. The maximum absolute atomic E-state index is 12.5. The van der Waals surface area contributed by atoms with Gasteiger partial charge in [-0.3, -0.25) is 14.4 Å². The van der Waals surface area contributed by atoms with Crippen LogP contribution in [0.3, 0.4) is 0 Å². The maximum atomic E-state index is 12.5. The van der Waals surface area contributed by atoms with E-state index in [1.165, 1.54) is 6.92 Å². The molecule has 3 atom stereocenters. The van der Waals surface area contributed by atoms with Crippen molar-refractivity contribution in [3.05, 3.63) is 35.9 Å². The Morgan fingerprint density at radius 2 is 1.74 bits per heavy atom. The highest BCUT2D eigenvalue weighted by Crippen LogP contribution is 2.09. The first-order valence-electron chi connectivity index (χ1n) is 7.75. The molecular formula is C17H25N3O3. The SMILES string of the molecule is CC[C@@H](C)[C@@H](NC(=O)[C@H](Cc1ccccc1)NC(C)=O)C(N)=O. The normalized spacial score (nSPS) is 14.4. The Morgan fingerprint density at radius 1 is 1.13 bits per heavy atom. The first-order chi connectivity index (χ1) is 10.8. The van der Waals surface area contributed by atoms with Crippen molar-refractivity contribution < 1.29 is 14.4 Å². The van der Waals surface area contributed by atoms with Gasteiger partial charge in [-0.1, -0.05) is 50.6 Å². The smallest absolute Gasteiger partial charge is 0.243 e. The monoisotopic (exact) mass is 319 g/mol. The van der Waals surface area contributed by atoms with E-state index in [9.17, 15) is 14.4 Å². The molecule has 0 saturated heterocycles. The number of hydrogen-bond donors (Lipinski definition) is 3. The highest BCUT2D eigenvalue weighted by Gasteiger charge is 2.28. The minimum Gasteiger partial charge on any atom is -0.368 e. The fraction of sp³-hybridized carbons (Fsp3) is 0.471. The molecule has 6 heteroatoms. The van der Waals surface area contributed by atoms with E-state index in [0.717, 1.165) is 5.56 Å². The van der Waals surface area contributed by atoms with Crippen molar-refractivity contribution in [2.24, 2.45) is 11.7 Å². The maximum Gasteiger partial charge on any atom is 0.243 e. The summed E-state index contributed by atoms with van der Waals surface area (Å²) in [4.78, 5) is 35.4. The van der Waals surface area contributed by atoms with Gasteiger partial charge in [0.05, 0.1) is 0 Å². The van der Waals surface area contributed by atoms with E-state index in [1.807, 2.05) is 44.2 Å². The lowest BCUT2D eigenvalue weighted by Crippen LogP contribution is -2.55. The van der Waals surface area contributed by atoms with Gasteiger partial charge >= 0.3 is 0 Å². The second kappa shape index (κ2) is 8.92. The summed E-state index contributed by atoms with van der Waals surface area (Å²) in [5.74, 6) is -1.37. The van der Waals surface area contributed by atoms with Crippen molar-refractivity contribution in [2.45, 2.75) is 45.7 Å². The first kappa shape index (κ1) is 18.7. The number of benzene rings is 1. The average molecular weight is 319 g/mol. The van der Waals surface area contributed by atoms with Crippen LogP contribution >= 0.6 is 0 Å². The number of carbonyl (C=O) groups is 3. The molecule has 0 saturated carbocycles. The van der Waals surface area contributed by atoms with E-state index in [0.29, 0.717) is 12.8 Å². The van der Waals surface area contributed by atoms with Crippen molar-refractivity contribution in [1.29, 1.82) is 0 Å². The number of carbonyl (C=O) groups excluding carboxylic acids is 3. The van der Waals surface area contributed by atoms with Gasteiger partial charge in [0.15, 0.2) is 0 Å². The van der Waals surface area contributed by atoms with Crippen LogP contribution in [0.4, 0.5) is 0 Å². The molecule has 0 radical (unpaired) electrons. The molecule has 1 aromatic carbocycles. The lowest BCUT2D eigenvalue weighted by atomic mass is 9.97. The summed E-state index contributed by atoms with van der Waals surface area (Å²) in [6.45, 7) is 5.12. The third kappa shape index (κ3) is 6.10. The number of nitrogens with two attached hydrogens (primary N) is 1. The van der Waals surface area contributed by atoms with Crippen molar-refractivity contribution >= 4 is 17.7 Å². The molecule has 0 aromatic heterocycles. The third-order valence-electron chi connectivity index (χ3n) is 3.79. The molecule has 0 unspecified atom stereocenters. The van der Waals surface area contributed by atoms with Gasteiger partial charge in [-0.15, -0.1) is 0 Å². The van der Waals surface area contributed by atoms with E-state index in [-0.39, 0.29) is 11.8 Å². The molecular weight excluding hydrogens is 294 g/mol. The number of hydrogen-bond acceptors (Lipinski definition) is 3. The van der Waals surface area contributed by atoms with Crippen LogP contribution in [0.1, 0.15) is 32.8 Å². The van der Waals surface area contributed by atoms with Crippen LogP contribution in [-0.2, 0) is 20.8 Å². The van der Waals surface area contributed by atoms with Gasteiger partial charge in [-0.2, -0.15) is 0 Å². The molecule has 0 bridgehead atoms. The molecule has 1 rings (SSSR count). The quantitative estimate of drug-likeness (QED) is 0.659. The molecule has 0 fully saturated rings. The Hall–Kier alpha value is -2.37. The van der Waals surface area contributed by atoms with Gasteiger partial charge < -0.3 is 16.4 Å². The topological polar surface area (TPSA) is 101 Å². The molecule has 0 spiro atoms. The van der Waals surface area contributed by atoms with E-state index < -0.39 is 23.9 Å². The van der Waals surface area contributed by atoms with Crippen molar-refractivity contribution in [3.8, 4) is 0 Å². The van der Waals surface area contributed by atoms with Crippen LogP contribution in [0.5, 0.6) is 0 Å². The highest BCUT2D eigenvalue weighted by molar-refractivity contribution is 5.91. The van der Waals surface area contributed by atoms with Crippen LogP contribution in [0.25, 0.3) is 0 Å². The van der Waals surface area contributed by atoms with Gasteiger partial charge in [0.1, 0.15) is 12.1 Å². The fourth-order valence-electron chi connectivity index (χ4n) is 2.29. The Bertz CT molecular complexity index is 545. The molecule has 1 aromatic rings. The van der Waals surface area contributed by atoms with Crippen LogP contribution < -0.4 is 16.4 Å². The Balaban J connectivity index is 2.86. The van der Waals surface area contributed by atoms with Crippen LogP contribution in [0, 0.1) is 5.92 Å². The zero-order chi connectivity index (χ0) is 17.4. The zero-order valence-corrected chi connectivity index (χ0v) is 13.8. The lowest BCUT2D eigenvalue weighted by Gasteiger charge is -2.24. The second-order valence-corrected chi connectivity index (χ2v) is 5.72. The largest absolute Gasteiger partial charge is 0.368 e. The van der Waals surface area contributed by atoms with Crippen LogP contribution in [0.15, 0.2) is 30.3 Å². The third-order valence-corrected chi connectivity index (χ3v) is 3.79. The molecule has 0 heterocycles. The van der Waals surface area contributed by atoms with Gasteiger partial charge in [-0.05, 0) is 11.5 Å². The molecule has 0 aliphatic rings. The van der Waals surface area contributed by atoms with E-state index in [4.69, 9.17) is 5.73 Å². The van der Waals surface area contributed by atoms with Gasteiger partial charge in [0.2, 0.25) is 17.7 Å². The van der Waals surface area contributed by atoms with Gasteiger partial charge in [-0.25, -0.2) is 0 Å². The van der Waals surface area contributed by atoms with E-state index in [1.54, 1.807) is 0 Å². The summed E-state index contributed by atoms with van der Waals surface area (Å²) >= 11 is 0. The number of primary amides is 1. The van der Waals surface area contributed by atoms with E-state index >= 15 is 0 Å². The van der Waals surface area contributed by atoms with Crippen molar-refractivity contribution in [2.75, 3.05) is 0 Å². The second-order valence-electron chi connectivity index (χ2n) is 5.72.